The van der Waals surface area contributed by atoms with Crippen LogP contribution in [0.2, 0.25) is 0 Å². The van der Waals surface area contributed by atoms with Gasteiger partial charge in [-0.1, -0.05) is 24.3 Å². The molecule has 4 nitrogen and oxygen atoms in total. The Kier molecular flexibility index (Phi) is 5.67. The summed E-state index contributed by atoms with van der Waals surface area (Å²) in [6, 6.07) is 14.0. The van der Waals surface area contributed by atoms with Gasteiger partial charge in [0, 0.05) is 17.3 Å². The number of aliphatic hydroxyl groups excluding tert-OH is 1. The van der Waals surface area contributed by atoms with Crippen LogP contribution in [-0.2, 0) is 13.0 Å². The maximum atomic E-state index is 9.38. The van der Waals surface area contributed by atoms with E-state index in [1.165, 1.54) is 5.56 Å². The third-order valence-electron chi connectivity index (χ3n) is 3.58. The number of aliphatic hydroxyl groups is 1. The summed E-state index contributed by atoms with van der Waals surface area (Å²) in [5.74, 6) is 1.47. The Bertz CT molecular complexity index is 613. The molecule has 1 unspecified atom stereocenters. The summed E-state index contributed by atoms with van der Waals surface area (Å²) in [6.07, 6.45) is 0.847. The minimum atomic E-state index is 0.0340. The quantitative estimate of drug-likeness (QED) is 0.824. The summed E-state index contributed by atoms with van der Waals surface area (Å²) in [7, 11) is 3.27. The van der Waals surface area contributed by atoms with Crippen LogP contribution in [-0.4, -0.2) is 25.4 Å². The zero-order valence-corrected chi connectivity index (χ0v) is 13.3. The largest absolute Gasteiger partial charge is 0.493 e. The Hall–Kier alpha value is -2.20. The average molecular weight is 301 g/mol. The van der Waals surface area contributed by atoms with E-state index < -0.39 is 0 Å². The Morgan fingerprint density at radius 3 is 2.45 bits per heavy atom. The number of benzene rings is 2. The maximum Gasteiger partial charge on any atom is 0.160 e. The second-order valence-electron chi connectivity index (χ2n) is 5.25. The van der Waals surface area contributed by atoms with E-state index >= 15 is 0 Å². The minimum absolute atomic E-state index is 0.0340. The van der Waals surface area contributed by atoms with Crippen LogP contribution < -0.4 is 14.8 Å². The molecule has 1 atom stereocenters. The number of hydrogen-bond acceptors (Lipinski definition) is 4. The number of methoxy groups -OCH3 is 2. The van der Waals surface area contributed by atoms with Gasteiger partial charge in [0.05, 0.1) is 20.8 Å². The highest BCUT2D eigenvalue weighted by molar-refractivity contribution is 5.51. The fourth-order valence-electron chi connectivity index (χ4n) is 2.48. The van der Waals surface area contributed by atoms with Gasteiger partial charge in [-0.15, -0.1) is 0 Å². The van der Waals surface area contributed by atoms with Gasteiger partial charge in [-0.25, -0.2) is 0 Å². The van der Waals surface area contributed by atoms with E-state index in [0.29, 0.717) is 0 Å². The first kappa shape index (κ1) is 16.2. The first-order chi connectivity index (χ1) is 10.7. The van der Waals surface area contributed by atoms with Crippen LogP contribution in [0.4, 0.5) is 5.69 Å². The second kappa shape index (κ2) is 7.71. The molecule has 0 aliphatic rings. The van der Waals surface area contributed by atoms with Crippen molar-refractivity contribution in [3.05, 3.63) is 53.6 Å². The van der Waals surface area contributed by atoms with Gasteiger partial charge in [0.15, 0.2) is 11.5 Å². The van der Waals surface area contributed by atoms with Crippen molar-refractivity contribution in [2.24, 2.45) is 0 Å². The van der Waals surface area contributed by atoms with E-state index in [1.807, 2.05) is 42.5 Å². The van der Waals surface area contributed by atoms with E-state index in [4.69, 9.17) is 9.47 Å². The standard InChI is InChI=1S/C18H23NO3/c1-13(19-16-7-5-4-6-15(16)12-20)10-14-8-9-17(21-2)18(11-14)22-3/h4-9,11,13,19-20H,10,12H2,1-3H3. The molecule has 22 heavy (non-hydrogen) atoms. The topological polar surface area (TPSA) is 50.7 Å². The number of para-hydroxylation sites is 1. The lowest BCUT2D eigenvalue weighted by Gasteiger charge is -2.18. The number of hydrogen-bond donors (Lipinski definition) is 2. The van der Waals surface area contributed by atoms with Crippen LogP contribution in [0.25, 0.3) is 0 Å². The fraction of sp³-hybridized carbons (Fsp3) is 0.333. The highest BCUT2D eigenvalue weighted by Crippen LogP contribution is 2.28. The number of anilines is 1. The Balaban J connectivity index is 2.07. The third-order valence-corrected chi connectivity index (χ3v) is 3.58. The number of ether oxygens (including phenoxy) is 2. The monoisotopic (exact) mass is 301 g/mol. The van der Waals surface area contributed by atoms with Gasteiger partial charge in [0.2, 0.25) is 0 Å². The molecule has 2 aromatic rings. The van der Waals surface area contributed by atoms with Gasteiger partial charge >= 0.3 is 0 Å². The van der Waals surface area contributed by atoms with Crippen LogP contribution in [0.1, 0.15) is 18.1 Å². The van der Waals surface area contributed by atoms with Crippen LogP contribution in [0.15, 0.2) is 42.5 Å². The lowest BCUT2D eigenvalue weighted by molar-refractivity contribution is 0.282. The number of rotatable bonds is 7. The Morgan fingerprint density at radius 2 is 1.77 bits per heavy atom. The maximum absolute atomic E-state index is 9.38. The van der Waals surface area contributed by atoms with E-state index in [1.54, 1.807) is 14.2 Å². The molecule has 0 heterocycles. The Morgan fingerprint density at radius 1 is 1.05 bits per heavy atom. The molecule has 0 amide bonds. The van der Waals surface area contributed by atoms with Crippen LogP contribution >= 0.6 is 0 Å². The highest BCUT2D eigenvalue weighted by Gasteiger charge is 2.09. The van der Waals surface area contributed by atoms with Gasteiger partial charge in [-0.3, -0.25) is 0 Å². The zero-order valence-electron chi connectivity index (χ0n) is 13.3. The molecule has 2 rings (SSSR count). The molecule has 0 bridgehead atoms. The minimum Gasteiger partial charge on any atom is -0.493 e. The molecule has 0 aliphatic carbocycles. The van der Waals surface area contributed by atoms with Gasteiger partial charge in [-0.2, -0.15) is 0 Å². The summed E-state index contributed by atoms with van der Waals surface area (Å²) in [5, 5.41) is 12.8. The molecular formula is C18H23NO3. The highest BCUT2D eigenvalue weighted by atomic mass is 16.5. The summed E-state index contributed by atoms with van der Waals surface area (Å²) in [5.41, 5.74) is 3.04. The Labute approximate surface area is 131 Å². The predicted molar refractivity (Wildman–Crippen MR) is 88.7 cm³/mol. The van der Waals surface area contributed by atoms with Crippen LogP contribution in [0.5, 0.6) is 11.5 Å². The van der Waals surface area contributed by atoms with Gasteiger partial charge < -0.3 is 19.9 Å². The van der Waals surface area contributed by atoms with E-state index in [0.717, 1.165) is 29.2 Å². The summed E-state index contributed by atoms with van der Waals surface area (Å²) < 4.78 is 10.6. The van der Waals surface area contributed by atoms with Crippen molar-refractivity contribution >= 4 is 5.69 Å². The van der Waals surface area contributed by atoms with Crippen LogP contribution in [0, 0.1) is 0 Å². The predicted octanol–water partition coefficient (Wildman–Crippen LogP) is 3.24. The molecule has 0 radical (unpaired) electrons. The molecule has 0 fully saturated rings. The first-order valence-electron chi connectivity index (χ1n) is 7.34. The molecule has 0 saturated carbocycles. The van der Waals surface area contributed by atoms with Crippen molar-refractivity contribution < 1.29 is 14.6 Å². The van der Waals surface area contributed by atoms with Crippen molar-refractivity contribution in [1.29, 1.82) is 0 Å². The first-order valence-corrected chi connectivity index (χ1v) is 7.34. The van der Waals surface area contributed by atoms with Gasteiger partial charge in [0.25, 0.3) is 0 Å². The second-order valence-corrected chi connectivity index (χ2v) is 5.25. The van der Waals surface area contributed by atoms with Crippen molar-refractivity contribution in [1.82, 2.24) is 0 Å². The van der Waals surface area contributed by atoms with Crippen molar-refractivity contribution in [3.8, 4) is 11.5 Å². The van der Waals surface area contributed by atoms with Crippen LogP contribution in [0.3, 0.4) is 0 Å². The molecule has 4 heteroatoms. The van der Waals surface area contributed by atoms with Crippen molar-refractivity contribution in [2.75, 3.05) is 19.5 Å². The SMILES string of the molecule is COc1ccc(CC(C)Nc2ccccc2CO)cc1OC. The van der Waals surface area contributed by atoms with Gasteiger partial charge in [0.1, 0.15) is 0 Å². The molecule has 2 N–H and O–H groups in total. The van der Waals surface area contributed by atoms with Crippen molar-refractivity contribution in [2.45, 2.75) is 26.0 Å². The smallest absolute Gasteiger partial charge is 0.160 e. The van der Waals surface area contributed by atoms with Gasteiger partial charge in [-0.05, 0) is 37.1 Å². The fourth-order valence-corrected chi connectivity index (χ4v) is 2.48. The molecule has 0 aliphatic heterocycles. The van der Waals surface area contributed by atoms with E-state index in [-0.39, 0.29) is 12.6 Å². The van der Waals surface area contributed by atoms with E-state index in [9.17, 15) is 5.11 Å². The van der Waals surface area contributed by atoms with E-state index in [2.05, 4.69) is 12.2 Å². The molecule has 0 aromatic heterocycles. The average Bonchev–Trinajstić information content (AvgIpc) is 2.55. The third kappa shape index (κ3) is 3.92. The zero-order chi connectivity index (χ0) is 15.9. The lowest BCUT2D eigenvalue weighted by Crippen LogP contribution is -2.19. The normalized spacial score (nSPS) is 11.8. The lowest BCUT2D eigenvalue weighted by atomic mass is 10.1. The molecule has 118 valence electrons. The number of nitrogens with one attached hydrogen (secondary N) is 1. The summed E-state index contributed by atoms with van der Waals surface area (Å²) in [6.45, 7) is 2.15. The molecule has 0 saturated heterocycles. The molecule has 0 spiro atoms. The molecular weight excluding hydrogens is 278 g/mol. The van der Waals surface area contributed by atoms with Crippen molar-refractivity contribution in [3.63, 3.8) is 0 Å². The summed E-state index contributed by atoms with van der Waals surface area (Å²) >= 11 is 0. The summed E-state index contributed by atoms with van der Waals surface area (Å²) in [4.78, 5) is 0. The molecule has 2 aromatic carbocycles.